The first-order valence-electron chi connectivity index (χ1n) is 7.39. The number of rotatable bonds is 3. The Morgan fingerprint density at radius 3 is 2.44 bits per heavy atom. The van der Waals surface area contributed by atoms with E-state index in [0.717, 1.165) is 36.3 Å². The van der Waals surface area contributed by atoms with Gasteiger partial charge in [-0.25, -0.2) is 0 Å². The summed E-state index contributed by atoms with van der Waals surface area (Å²) in [6.07, 6.45) is 4.56. The van der Waals surface area contributed by atoms with E-state index in [-0.39, 0.29) is 0 Å². The summed E-state index contributed by atoms with van der Waals surface area (Å²) < 4.78 is 2.00. The predicted octanol–water partition coefficient (Wildman–Crippen LogP) is 2.17. The normalized spacial score (nSPS) is 40.3. The number of fused-ring (bicyclic) bond motifs is 5. The van der Waals surface area contributed by atoms with Crippen LogP contribution in [-0.4, -0.2) is 15.8 Å². The Bertz CT molecular complexity index is 474. The molecule has 0 radical (unpaired) electrons. The average molecular weight is 245 g/mol. The number of aryl methyl sites for hydroxylation is 2. The Kier molecular flexibility index (Phi) is 2.20. The van der Waals surface area contributed by atoms with Crippen LogP contribution < -0.4 is 5.32 Å². The van der Waals surface area contributed by atoms with Gasteiger partial charge in [0.1, 0.15) is 0 Å². The van der Waals surface area contributed by atoms with E-state index >= 15 is 0 Å². The zero-order valence-corrected chi connectivity index (χ0v) is 11.6. The maximum absolute atomic E-state index is 4.50. The third-order valence-electron chi connectivity index (χ3n) is 5.91. The maximum atomic E-state index is 4.50. The van der Waals surface area contributed by atoms with Crippen LogP contribution in [0.4, 0.5) is 0 Å². The molecule has 1 N–H and O–H groups in total. The first kappa shape index (κ1) is 11.0. The highest BCUT2D eigenvalue weighted by atomic mass is 15.3. The van der Waals surface area contributed by atoms with Crippen LogP contribution in [0.2, 0.25) is 0 Å². The molecule has 4 rings (SSSR count). The van der Waals surface area contributed by atoms with Crippen molar-refractivity contribution in [1.29, 1.82) is 0 Å². The second-order valence-corrected chi connectivity index (χ2v) is 6.67. The SMILES string of the molecule is Cc1nn(C)c(C)c1CNC1C2C3CCC(C3)C12. The second kappa shape index (κ2) is 3.60. The second-order valence-electron chi connectivity index (χ2n) is 6.67. The van der Waals surface area contributed by atoms with E-state index in [4.69, 9.17) is 0 Å². The molecule has 98 valence electrons. The lowest BCUT2D eigenvalue weighted by atomic mass is 10.0. The molecule has 0 amide bonds. The molecule has 2 bridgehead atoms. The summed E-state index contributed by atoms with van der Waals surface area (Å²) in [7, 11) is 2.04. The van der Waals surface area contributed by atoms with Crippen LogP contribution in [-0.2, 0) is 13.6 Å². The predicted molar refractivity (Wildman–Crippen MR) is 71.1 cm³/mol. The highest BCUT2D eigenvalue weighted by Crippen LogP contribution is 2.65. The molecule has 3 fully saturated rings. The minimum atomic E-state index is 0.829. The molecular formula is C15H23N3. The molecule has 1 aromatic rings. The van der Waals surface area contributed by atoms with Crippen molar-refractivity contribution in [2.24, 2.45) is 30.7 Å². The van der Waals surface area contributed by atoms with E-state index in [1.165, 1.54) is 29.8 Å². The molecule has 3 nitrogen and oxygen atoms in total. The summed E-state index contributed by atoms with van der Waals surface area (Å²) in [5.74, 6) is 4.18. The van der Waals surface area contributed by atoms with Gasteiger partial charge in [0.15, 0.2) is 0 Å². The van der Waals surface area contributed by atoms with E-state index < -0.39 is 0 Å². The van der Waals surface area contributed by atoms with Gasteiger partial charge in [0.2, 0.25) is 0 Å². The number of hydrogen-bond donors (Lipinski definition) is 1. The quantitative estimate of drug-likeness (QED) is 0.884. The number of aromatic nitrogens is 2. The molecule has 3 saturated carbocycles. The number of nitrogens with one attached hydrogen (secondary N) is 1. The van der Waals surface area contributed by atoms with Gasteiger partial charge in [-0.2, -0.15) is 5.10 Å². The van der Waals surface area contributed by atoms with Crippen LogP contribution in [0.3, 0.4) is 0 Å². The van der Waals surface area contributed by atoms with Crippen LogP contribution in [0.5, 0.6) is 0 Å². The van der Waals surface area contributed by atoms with Gasteiger partial charge in [-0.15, -0.1) is 0 Å². The summed E-state index contributed by atoms with van der Waals surface area (Å²) in [4.78, 5) is 0. The highest BCUT2D eigenvalue weighted by Gasteiger charge is 2.64. The minimum absolute atomic E-state index is 0.829. The summed E-state index contributed by atoms with van der Waals surface area (Å²) in [6, 6.07) is 0.829. The van der Waals surface area contributed by atoms with Crippen molar-refractivity contribution in [3.8, 4) is 0 Å². The van der Waals surface area contributed by atoms with Crippen LogP contribution in [0.25, 0.3) is 0 Å². The molecule has 18 heavy (non-hydrogen) atoms. The standard InChI is InChI=1S/C15H23N3/c1-8-12(9(2)18(3)17-8)7-16-15-13-10-4-5-11(6-10)14(13)15/h10-11,13-16H,4-7H2,1-3H3. The van der Waals surface area contributed by atoms with E-state index in [9.17, 15) is 0 Å². The summed E-state index contributed by atoms with van der Waals surface area (Å²) >= 11 is 0. The zero-order chi connectivity index (χ0) is 12.4. The summed E-state index contributed by atoms with van der Waals surface area (Å²) in [5, 5.41) is 8.32. The monoisotopic (exact) mass is 245 g/mol. The largest absolute Gasteiger partial charge is 0.309 e. The Morgan fingerprint density at radius 2 is 1.89 bits per heavy atom. The van der Waals surface area contributed by atoms with Gasteiger partial charge in [0.05, 0.1) is 5.69 Å². The van der Waals surface area contributed by atoms with Crippen molar-refractivity contribution in [3.05, 3.63) is 17.0 Å². The molecule has 0 aromatic carbocycles. The van der Waals surface area contributed by atoms with E-state index in [1.807, 2.05) is 11.7 Å². The van der Waals surface area contributed by atoms with Crippen LogP contribution in [0.1, 0.15) is 36.2 Å². The molecule has 4 atom stereocenters. The summed E-state index contributed by atoms with van der Waals surface area (Å²) in [5.41, 5.74) is 3.92. The first-order chi connectivity index (χ1) is 8.66. The van der Waals surface area contributed by atoms with Gasteiger partial charge >= 0.3 is 0 Å². The molecule has 1 aromatic heterocycles. The van der Waals surface area contributed by atoms with Crippen molar-refractivity contribution in [2.75, 3.05) is 0 Å². The molecule has 0 saturated heterocycles. The molecule has 3 aliphatic carbocycles. The van der Waals surface area contributed by atoms with Crippen LogP contribution in [0, 0.1) is 37.5 Å². The number of nitrogens with zero attached hydrogens (tertiary/aromatic N) is 2. The molecule has 0 aliphatic heterocycles. The number of hydrogen-bond acceptors (Lipinski definition) is 2. The molecule has 0 spiro atoms. The molecule has 3 aliphatic rings. The molecule has 3 heteroatoms. The topological polar surface area (TPSA) is 29.9 Å². The van der Waals surface area contributed by atoms with Crippen LogP contribution in [0.15, 0.2) is 0 Å². The van der Waals surface area contributed by atoms with Crippen molar-refractivity contribution >= 4 is 0 Å². The zero-order valence-electron chi connectivity index (χ0n) is 11.6. The van der Waals surface area contributed by atoms with Gasteiger partial charge in [-0.1, -0.05) is 0 Å². The van der Waals surface area contributed by atoms with Gasteiger partial charge in [-0.05, 0) is 56.8 Å². The van der Waals surface area contributed by atoms with Crippen LogP contribution >= 0.6 is 0 Å². The van der Waals surface area contributed by atoms with Gasteiger partial charge in [0.25, 0.3) is 0 Å². The Balaban J connectivity index is 1.43. The molecule has 1 heterocycles. The molecule has 4 unspecified atom stereocenters. The Hall–Kier alpha value is -0.830. The minimum Gasteiger partial charge on any atom is -0.309 e. The lowest BCUT2D eigenvalue weighted by molar-refractivity contribution is 0.456. The molecular weight excluding hydrogens is 222 g/mol. The highest BCUT2D eigenvalue weighted by molar-refractivity contribution is 5.25. The van der Waals surface area contributed by atoms with Gasteiger partial charge in [0, 0.05) is 30.9 Å². The maximum Gasteiger partial charge on any atom is 0.0641 e. The Labute approximate surface area is 109 Å². The lowest BCUT2D eigenvalue weighted by Crippen LogP contribution is -2.23. The Morgan fingerprint density at radius 1 is 1.22 bits per heavy atom. The fraction of sp³-hybridized carbons (Fsp3) is 0.800. The van der Waals surface area contributed by atoms with Gasteiger partial charge in [-0.3, -0.25) is 4.68 Å². The van der Waals surface area contributed by atoms with Gasteiger partial charge < -0.3 is 5.32 Å². The van der Waals surface area contributed by atoms with E-state index in [0.29, 0.717) is 0 Å². The first-order valence-corrected chi connectivity index (χ1v) is 7.39. The third kappa shape index (κ3) is 1.37. The van der Waals surface area contributed by atoms with Crippen molar-refractivity contribution < 1.29 is 0 Å². The van der Waals surface area contributed by atoms with Crippen molar-refractivity contribution in [3.63, 3.8) is 0 Å². The van der Waals surface area contributed by atoms with Crippen molar-refractivity contribution in [1.82, 2.24) is 15.1 Å². The summed E-state index contributed by atoms with van der Waals surface area (Å²) in [6.45, 7) is 5.32. The lowest BCUT2D eigenvalue weighted by Gasteiger charge is -2.10. The third-order valence-corrected chi connectivity index (χ3v) is 5.91. The fourth-order valence-corrected chi connectivity index (χ4v) is 4.89. The average Bonchev–Trinajstić information content (AvgIpc) is 2.66. The van der Waals surface area contributed by atoms with Crippen molar-refractivity contribution in [2.45, 2.75) is 45.7 Å². The smallest absolute Gasteiger partial charge is 0.0641 e. The fourth-order valence-electron chi connectivity index (χ4n) is 4.89. The van der Waals surface area contributed by atoms with E-state index in [1.54, 1.807) is 6.42 Å². The van der Waals surface area contributed by atoms with E-state index in [2.05, 4.69) is 24.3 Å².